The Hall–Kier alpha value is -1.16. The Kier molecular flexibility index (Phi) is 6.40. The number of ether oxygens (including phenoxy) is 1. The van der Waals surface area contributed by atoms with Crippen molar-refractivity contribution in [3.63, 3.8) is 0 Å². The summed E-state index contributed by atoms with van der Waals surface area (Å²) in [6.07, 6.45) is 0. The number of rotatable bonds is 6. The molecular weight excluding hydrogens is 270 g/mol. The van der Waals surface area contributed by atoms with Crippen molar-refractivity contribution in [2.24, 2.45) is 0 Å². The highest BCUT2D eigenvalue weighted by atomic mass is 32.2. The molecule has 0 radical (unpaired) electrons. The molecule has 0 aliphatic rings. The number of carbonyl (C=O) groups excluding carboxylic acids is 1. The SMILES string of the molecule is CCOc1ccc(CN(C)C(=O)CSC(C)(C)C)cc1. The summed E-state index contributed by atoms with van der Waals surface area (Å²) >= 11 is 1.68. The van der Waals surface area contributed by atoms with Crippen LogP contribution in [0.2, 0.25) is 0 Å². The predicted molar refractivity (Wildman–Crippen MR) is 86.3 cm³/mol. The van der Waals surface area contributed by atoms with Crippen molar-refractivity contribution in [1.82, 2.24) is 4.90 Å². The third kappa shape index (κ3) is 6.33. The first-order valence-electron chi connectivity index (χ1n) is 6.91. The van der Waals surface area contributed by atoms with E-state index in [0.29, 0.717) is 18.9 Å². The molecule has 0 heterocycles. The third-order valence-electron chi connectivity index (χ3n) is 2.71. The minimum absolute atomic E-state index is 0.121. The second-order valence-electron chi connectivity index (χ2n) is 5.73. The first-order valence-corrected chi connectivity index (χ1v) is 7.90. The van der Waals surface area contributed by atoms with E-state index in [9.17, 15) is 4.79 Å². The molecule has 1 aromatic rings. The van der Waals surface area contributed by atoms with Gasteiger partial charge in [0.05, 0.1) is 12.4 Å². The Labute approximate surface area is 126 Å². The number of amides is 1. The fraction of sp³-hybridized carbons (Fsp3) is 0.562. The number of benzene rings is 1. The maximum atomic E-state index is 12.0. The molecule has 0 aliphatic heterocycles. The zero-order chi connectivity index (χ0) is 15.2. The Balaban J connectivity index is 2.48. The zero-order valence-corrected chi connectivity index (χ0v) is 13.9. The molecule has 0 atom stereocenters. The van der Waals surface area contributed by atoms with Crippen molar-refractivity contribution >= 4 is 17.7 Å². The molecule has 0 unspecified atom stereocenters. The summed E-state index contributed by atoms with van der Waals surface area (Å²) < 4.78 is 5.53. The van der Waals surface area contributed by atoms with Gasteiger partial charge in [-0.05, 0) is 24.6 Å². The van der Waals surface area contributed by atoms with E-state index in [1.165, 1.54) is 0 Å². The van der Waals surface area contributed by atoms with Gasteiger partial charge in [0.2, 0.25) is 5.91 Å². The summed E-state index contributed by atoms with van der Waals surface area (Å²) in [6, 6.07) is 7.90. The van der Waals surface area contributed by atoms with Crippen LogP contribution < -0.4 is 4.74 Å². The molecule has 112 valence electrons. The van der Waals surface area contributed by atoms with Gasteiger partial charge in [-0.2, -0.15) is 0 Å². The standard InChI is InChI=1S/C16H25NO2S/c1-6-19-14-9-7-13(8-10-14)11-17(5)15(18)12-20-16(2,3)4/h7-10H,6,11-12H2,1-5H3. The lowest BCUT2D eigenvalue weighted by Crippen LogP contribution is -2.29. The molecule has 1 aromatic carbocycles. The van der Waals surface area contributed by atoms with Gasteiger partial charge in [-0.3, -0.25) is 4.79 Å². The summed E-state index contributed by atoms with van der Waals surface area (Å²) in [5, 5.41) is 0. The van der Waals surface area contributed by atoms with Crippen LogP contribution in [0.4, 0.5) is 0 Å². The van der Waals surface area contributed by atoms with Crippen molar-refractivity contribution in [2.45, 2.75) is 39.0 Å². The number of hydrogen-bond donors (Lipinski definition) is 0. The Bertz CT molecular complexity index is 423. The van der Waals surface area contributed by atoms with E-state index < -0.39 is 0 Å². The fourth-order valence-electron chi connectivity index (χ4n) is 1.61. The second kappa shape index (κ2) is 7.58. The molecule has 4 heteroatoms. The lowest BCUT2D eigenvalue weighted by Gasteiger charge is -2.21. The van der Waals surface area contributed by atoms with Crippen LogP contribution >= 0.6 is 11.8 Å². The molecule has 20 heavy (non-hydrogen) atoms. The van der Waals surface area contributed by atoms with Gasteiger partial charge in [0.1, 0.15) is 5.75 Å². The summed E-state index contributed by atoms with van der Waals surface area (Å²) in [5.41, 5.74) is 1.12. The Morgan fingerprint density at radius 2 is 1.85 bits per heavy atom. The van der Waals surface area contributed by atoms with Crippen LogP contribution in [0.1, 0.15) is 33.3 Å². The number of thioether (sulfide) groups is 1. The molecule has 0 N–H and O–H groups in total. The average Bonchev–Trinajstić information content (AvgIpc) is 2.37. The molecule has 1 rings (SSSR count). The number of carbonyl (C=O) groups is 1. The van der Waals surface area contributed by atoms with Gasteiger partial charge >= 0.3 is 0 Å². The molecular formula is C16H25NO2S. The maximum Gasteiger partial charge on any atom is 0.232 e. The lowest BCUT2D eigenvalue weighted by atomic mass is 10.2. The van der Waals surface area contributed by atoms with Crippen LogP contribution in [-0.2, 0) is 11.3 Å². The van der Waals surface area contributed by atoms with Gasteiger partial charge in [-0.15, -0.1) is 11.8 Å². The monoisotopic (exact) mass is 295 g/mol. The van der Waals surface area contributed by atoms with Gasteiger partial charge in [-0.1, -0.05) is 32.9 Å². The van der Waals surface area contributed by atoms with Crippen molar-refractivity contribution < 1.29 is 9.53 Å². The van der Waals surface area contributed by atoms with Crippen LogP contribution in [0.25, 0.3) is 0 Å². The van der Waals surface area contributed by atoms with Crippen molar-refractivity contribution in [3.05, 3.63) is 29.8 Å². The molecule has 0 aromatic heterocycles. The van der Waals surface area contributed by atoms with Crippen LogP contribution in [-0.4, -0.2) is 35.0 Å². The minimum atomic E-state index is 0.121. The highest BCUT2D eigenvalue weighted by molar-refractivity contribution is 8.01. The van der Waals surface area contributed by atoms with Crippen molar-refractivity contribution in [2.75, 3.05) is 19.4 Å². The fourth-order valence-corrected chi connectivity index (χ4v) is 2.39. The highest BCUT2D eigenvalue weighted by Crippen LogP contribution is 2.23. The molecule has 0 bridgehead atoms. The normalized spacial score (nSPS) is 11.2. The van der Waals surface area contributed by atoms with Crippen LogP contribution in [0.5, 0.6) is 5.75 Å². The van der Waals surface area contributed by atoms with E-state index in [4.69, 9.17) is 4.74 Å². The summed E-state index contributed by atoms with van der Waals surface area (Å²) in [4.78, 5) is 13.8. The Morgan fingerprint density at radius 3 is 2.35 bits per heavy atom. The molecule has 0 aliphatic carbocycles. The average molecular weight is 295 g/mol. The quantitative estimate of drug-likeness (QED) is 0.803. The molecule has 0 saturated carbocycles. The van der Waals surface area contributed by atoms with E-state index in [0.717, 1.165) is 11.3 Å². The molecule has 0 spiro atoms. The van der Waals surface area contributed by atoms with Gasteiger partial charge in [0.15, 0.2) is 0 Å². The topological polar surface area (TPSA) is 29.5 Å². The first kappa shape index (κ1) is 16.9. The molecule has 3 nitrogen and oxygen atoms in total. The van der Waals surface area contributed by atoms with Crippen molar-refractivity contribution in [1.29, 1.82) is 0 Å². The minimum Gasteiger partial charge on any atom is -0.494 e. The third-order valence-corrected chi connectivity index (χ3v) is 3.97. The molecule has 0 fully saturated rings. The summed E-state index contributed by atoms with van der Waals surface area (Å²) in [7, 11) is 1.85. The zero-order valence-electron chi connectivity index (χ0n) is 13.1. The smallest absolute Gasteiger partial charge is 0.232 e. The molecule has 1 amide bonds. The second-order valence-corrected chi connectivity index (χ2v) is 7.53. The van der Waals surface area contributed by atoms with Gasteiger partial charge in [-0.25, -0.2) is 0 Å². The summed E-state index contributed by atoms with van der Waals surface area (Å²) in [6.45, 7) is 9.64. The van der Waals surface area contributed by atoms with Crippen LogP contribution in [0.3, 0.4) is 0 Å². The predicted octanol–water partition coefficient (Wildman–Crippen LogP) is 3.58. The van der Waals surface area contributed by atoms with Crippen molar-refractivity contribution in [3.8, 4) is 5.75 Å². The number of nitrogens with zero attached hydrogens (tertiary/aromatic N) is 1. The first-order chi connectivity index (χ1) is 9.31. The van der Waals surface area contributed by atoms with E-state index in [-0.39, 0.29) is 10.7 Å². The van der Waals surface area contributed by atoms with E-state index >= 15 is 0 Å². The highest BCUT2D eigenvalue weighted by Gasteiger charge is 2.16. The maximum absolute atomic E-state index is 12.0. The van der Waals surface area contributed by atoms with Gasteiger partial charge in [0, 0.05) is 18.3 Å². The molecule has 0 saturated heterocycles. The lowest BCUT2D eigenvalue weighted by molar-refractivity contribution is -0.127. The largest absolute Gasteiger partial charge is 0.494 e. The van der Waals surface area contributed by atoms with E-state index in [1.54, 1.807) is 16.7 Å². The number of hydrogen-bond acceptors (Lipinski definition) is 3. The van der Waals surface area contributed by atoms with Gasteiger partial charge in [0.25, 0.3) is 0 Å². The summed E-state index contributed by atoms with van der Waals surface area (Å²) in [5.74, 6) is 1.56. The van der Waals surface area contributed by atoms with Crippen LogP contribution in [0.15, 0.2) is 24.3 Å². The van der Waals surface area contributed by atoms with E-state index in [1.807, 2.05) is 38.2 Å². The van der Waals surface area contributed by atoms with Crippen LogP contribution in [0, 0.1) is 0 Å². The Morgan fingerprint density at radius 1 is 1.25 bits per heavy atom. The van der Waals surface area contributed by atoms with Gasteiger partial charge < -0.3 is 9.64 Å². The van der Waals surface area contributed by atoms with E-state index in [2.05, 4.69) is 20.8 Å².